The molecule has 3 amide bonds. The Labute approximate surface area is 126 Å². The summed E-state index contributed by atoms with van der Waals surface area (Å²) in [6.07, 6.45) is 2.26. The Bertz CT molecular complexity index is 793. The van der Waals surface area contributed by atoms with Crippen LogP contribution in [0.4, 0.5) is 0 Å². The Morgan fingerprint density at radius 2 is 2.18 bits per heavy atom. The molecule has 0 bridgehead atoms. The number of hydrogen-bond donors (Lipinski definition) is 2. The van der Waals surface area contributed by atoms with Crippen LogP contribution in [0, 0.1) is 6.92 Å². The zero-order chi connectivity index (χ0) is 15.9. The van der Waals surface area contributed by atoms with Gasteiger partial charge in [0.15, 0.2) is 0 Å². The van der Waals surface area contributed by atoms with Gasteiger partial charge in [0.25, 0.3) is 5.91 Å². The van der Waals surface area contributed by atoms with Crippen LogP contribution in [0.2, 0.25) is 0 Å². The first-order valence-corrected chi connectivity index (χ1v) is 7.03. The second-order valence-electron chi connectivity index (χ2n) is 5.44. The van der Waals surface area contributed by atoms with Crippen LogP contribution in [-0.4, -0.2) is 33.5 Å². The number of aromatic nitrogens is 2. The van der Waals surface area contributed by atoms with E-state index in [1.807, 2.05) is 13.0 Å². The molecule has 114 valence electrons. The molecular weight excluding hydrogens is 284 g/mol. The number of nitrogens with one attached hydrogen (secondary N) is 2. The molecule has 1 unspecified atom stereocenters. The van der Waals surface area contributed by atoms with E-state index in [2.05, 4.69) is 15.7 Å². The third kappa shape index (κ3) is 2.34. The summed E-state index contributed by atoms with van der Waals surface area (Å²) in [6.45, 7) is 1.95. The lowest BCUT2D eigenvalue weighted by Gasteiger charge is -2.22. The molecule has 1 fully saturated rings. The summed E-state index contributed by atoms with van der Waals surface area (Å²) in [4.78, 5) is 35.4. The predicted molar refractivity (Wildman–Crippen MR) is 79.1 cm³/mol. The number of nitrogens with zero attached hydrogens (tertiary/aromatic N) is 2. The molecule has 1 aromatic heterocycles. The van der Waals surface area contributed by atoms with Gasteiger partial charge in [0.05, 0.1) is 17.3 Å². The fourth-order valence-electron chi connectivity index (χ4n) is 2.67. The third-order valence-electron chi connectivity index (χ3n) is 3.91. The van der Waals surface area contributed by atoms with Gasteiger partial charge in [-0.2, -0.15) is 5.10 Å². The number of fused-ring (bicyclic) bond motifs is 1. The third-order valence-corrected chi connectivity index (χ3v) is 3.91. The van der Waals surface area contributed by atoms with Crippen molar-refractivity contribution in [3.63, 3.8) is 0 Å². The first-order chi connectivity index (χ1) is 10.5. The van der Waals surface area contributed by atoms with Gasteiger partial charge in [-0.15, -0.1) is 0 Å². The first-order valence-electron chi connectivity index (χ1n) is 7.03. The molecule has 1 aliphatic rings. The highest BCUT2D eigenvalue weighted by molar-refractivity contribution is 6.09. The molecular formula is C15H16N4O3. The number of imide groups is 1. The van der Waals surface area contributed by atoms with Crippen LogP contribution in [0.3, 0.4) is 0 Å². The second kappa shape index (κ2) is 5.25. The zero-order valence-corrected chi connectivity index (χ0v) is 12.3. The van der Waals surface area contributed by atoms with Crippen LogP contribution in [0.25, 0.3) is 10.9 Å². The summed E-state index contributed by atoms with van der Waals surface area (Å²) in [6, 6.07) is 2.89. The number of benzene rings is 1. The molecule has 22 heavy (non-hydrogen) atoms. The maximum Gasteiger partial charge on any atom is 0.254 e. The van der Waals surface area contributed by atoms with Crippen molar-refractivity contribution in [2.45, 2.75) is 25.8 Å². The number of rotatable bonds is 2. The number of piperidine rings is 1. The number of amides is 3. The summed E-state index contributed by atoms with van der Waals surface area (Å²) in [7, 11) is 1.77. The highest BCUT2D eigenvalue weighted by Crippen LogP contribution is 2.22. The summed E-state index contributed by atoms with van der Waals surface area (Å²) >= 11 is 0. The summed E-state index contributed by atoms with van der Waals surface area (Å²) in [5.74, 6) is -1.11. The smallest absolute Gasteiger partial charge is 0.254 e. The topological polar surface area (TPSA) is 93.1 Å². The number of hydrogen-bond acceptors (Lipinski definition) is 4. The minimum atomic E-state index is -0.685. The average Bonchev–Trinajstić information content (AvgIpc) is 2.86. The highest BCUT2D eigenvalue weighted by atomic mass is 16.2. The first kappa shape index (κ1) is 14.2. The molecule has 7 heteroatoms. The lowest BCUT2D eigenvalue weighted by Crippen LogP contribution is -2.52. The molecule has 0 spiro atoms. The Balaban J connectivity index is 1.90. The lowest BCUT2D eigenvalue weighted by molar-refractivity contribution is -0.134. The fraction of sp³-hybridized carbons (Fsp3) is 0.333. The van der Waals surface area contributed by atoms with Gasteiger partial charge in [0.2, 0.25) is 11.8 Å². The maximum atomic E-state index is 12.5. The van der Waals surface area contributed by atoms with Crippen molar-refractivity contribution in [3.8, 4) is 0 Å². The van der Waals surface area contributed by atoms with Crippen LogP contribution in [0.5, 0.6) is 0 Å². The normalized spacial score (nSPS) is 18.4. The standard InChI is InChI=1S/C15H16N4O3/c1-8-3-4-9(13-10(8)7-16-19(13)2)14(21)17-11-5-6-12(20)18-15(11)22/h3-4,7,11H,5-6H2,1-2H3,(H,17,21)(H,18,20,22). The van der Waals surface area contributed by atoms with E-state index in [1.54, 1.807) is 24.0 Å². The zero-order valence-electron chi connectivity index (χ0n) is 12.3. The van der Waals surface area contributed by atoms with Gasteiger partial charge in [-0.3, -0.25) is 24.4 Å². The van der Waals surface area contributed by atoms with Crippen LogP contribution >= 0.6 is 0 Å². The summed E-state index contributed by atoms with van der Waals surface area (Å²) in [5.41, 5.74) is 2.22. The number of carbonyl (C=O) groups excluding carboxylic acids is 3. The molecule has 1 saturated heterocycles. The van der Waals surface area contributed by atoms with Gasteiger partial charge in [0, 0.05) is 18.9 Å². The van der Waals surface area contributed by atoms with E-state index in [4.69, 9.17) is 0 Å². The van der Waals surface area contributed by atoms with E-state index in [0.29, 0.717) is 12.0 Å². The van der Waals surface area contributed by atoms with E-state index < -0.39 is 11.9 Å². The van der Waals surface area contributed by atoms with Gasteiger partial charge in [-0.05, 0) is 25.0 Å². The van der Waals surface area contributed by atoms with Crippen molar-refractivity contribution >= 4 is 28.6 Å². The molecule has 2 N–H and O–H groups in total. The molecule has 0 saturated carbocycles. The Hall–Kier alpha value is -2.70. The number of aryl methyl sites for hydroxylation is 2. The Morgan fingerprint density at radius 1 is 1.41 bits per heavy atom. The Kier molecular flexibility index (Phi) is 3.40. The molecule has 0 radical (unpaired) electrons. The Morgan fingerprint density at radius 3 is 2.91 bits per heavy atom. The minimum absolute atomic E-state index is 0.228. The van der Waals surface area contributed by atoms with Gasteiger partial charge in [-0.1, -0.05) is 6.07 Å². The van der Waals surface area contributed by atoms with E-state index in [0.717, 1.165) is 16.5 Å². The minimum Gasteiger partial charge on any atom is -0.340 e. The molecule has 1 aromatic carbocycles. The van der Waals surface area contributed by atoms with E-state index in [1.165, 1.54) is 0 Å². The van der Waals surface area contributed by atoms with E-state index in [9.17, 15) is 14.4 Å². The molecule has 1 atom stereocenters. The molecule has 1 aliphatic heterocycles. The molecule has 3 rings (SSSR count). The van der Waals surface area contributed by atoms with Gasteiger partial charge >= 0.3 is 0 Å². The van der Waals surface area contributed by atoms with Crippen LogP contribution in [-0.2, 0) is 16.6 Å². The summed E-state index contributed by atoms with van der Waals surface area (Å²) in [5, 5.41) is 10.0. The predicted octanol–water partition coefficient (Wildman–Crippen LogP) is 0.417. The lowest BCUT2D eigenvalue weighted by atomic mass is 10.0. The van der Waals surface area contributed by atoms with Crippen molar-refractivity contribution in [3.05, 3.63) is 29.5 Å². The van der Waals surface area contributed by atoms with E-state index in [-0.39, 0.29) is 18.2 Å². The monoisotopic (exact) mass is 300 g/mol. The molecule has 2 aromatic rings. The van der Waals surface area contributed by atoms with Crippen LogP contribution < -0.4 is 10.6 Å². The van der Waals surface area contributed by atoms with Gasteiger partial charge in [0.1, 0.15) is 6.04 Å². The van der Waals surface area contributed by atoms with Crippen molar-refractivity contribution < 1.29 is 14.4 Å². The SMILES string of the molecule is Cc1ccc(C(=O)NC2CCC(=O)NC2=O)c2c1cnn2C. The van der Waals surface area contributed by atoms with Crippen molar-refractivity contribution in [1.82, 2.24) is 20.4 Å². The fourth-order valence-corrected chi connectivity index (χ4v) is 2.67. The van der Waals surface area contributed by atoms with Gasteiger partial charge < -0.3 is 5.32 Å². The quantitative estimate of drug-likeness (QED) is 0.786. The number of carbonyl (C=O) groups is 3. The van der Waals surface area contributed by atoms with Gasteiger partial charge in [-0.25, -0.2) is 0 Å². The van der Waals surface area contributed by atoms with Crippen LogP contribution in [0.15, 0.2) is 18.3 Å². The van der Waals surface area contributed by atoms with E-state index >= 15 is 0 Å². The maximum absolute atomic E-state index is 12.5. The van der Waals surface area contributed by atoms with Crippen molar-refractivity contribution in [2.24, 2.45) is 7.05 Å². The highest BCUT2D eigenvalue weighted by Gasteiger charge is 2.28. The second-order valence-corrected chi connectivity index (χ2v) is 5.44. The van der Waals surface area contributed by atoms with Crippen molar-refractivity contribution in [2.75, 3.05) is 0 Å². The largest absolute Gasteiger partial charge is 0.340 e. The average molecular weight is 300 g/mol. The molecule has 7 nitrogen and oxygen atoms in total. The summed E-state index contributed by atoms with van der Waals surface area (Å²) < 4.78 is 1.64. The van der Waals surface area contributed by atoms with Crippen molar-refractivity contribution in [1.29, 1.82) is 0 Å². The molecule has 0 aliphatic carbocycles. The van der Waals surface area contributed by atoms with Crippen LogP contribution in [0.1, 0.15) is 28.8 Å². The molecule has 2 heterocycles.